The third-order valence-corrected chi connectivity index (χ3v) is 4.12. The zero-order chi connectivity index (χ0) is 14.4. The zero-order valence-corrected chi connectivity index (χ0v) is 12.3. The van der Waals surface area contributed by atoms with E-state index in [1.165, 1.54) is 20.0 Å². The van der Waals surface area contributed by atoms with Gasteiger partial charge in [-0.25, -0.2) is 4.79 Å². The number of ether oxygens (including phenoxy) is 1. The Morgan fingerprint density at radius 1 is 0.850 bits per heavy atom. The summed E-state index contributed by atoms with van der Waals surface area (Å²) in [6.07, 6.45) is 4.45. The fourth-order valence-electron chi connectivity index (χ4n) is 2.83. The van der Waals surface area contributed by atoms with Crippen molar-refractivity contribution in [2.45, 2.75) is 25.7 Å². The molecule has 2 aliphatic rings. The molecule has 0 radical (unpaired) electrons. The minimum Gasteiger partial charge on any atom is -0.453 e. The predicted octanol–water partition coefficient (Wildman–Crippen LogP) is 0.773. The molecule has 6 nitrogen and oxygen atoms in total. The van der Waals surface area contributed by atoms with Crippen LogP contribution in [0.15, 0.2) is 0 Å². The molecule has 0 aliphatic carbocycles. The van der Waals surface area contributed by atoms with Gasteiger partial charge in [0.05, 0.1) is 13.7 Å². The van der Waals surface area contributed by atoms with Crippen LogP contribution in [-0.4, -0.2) is 79.6 Å². The van der Waals surface area contributed by atoms with Crippen LogP contribution in [-0.2, 0) is 9.53 Å². The largest absolute Gasteiger partial charge is 0.453 e. The highest BCUT2D eigenvalue weighted by molar-refractivity contribution is 5.78. The van der Waals surface area contributed by atoms with E-state index in [-0.39, 0.29) is 12.0 Å². The first kappa shape index (κ1) is 15.1. The fraction of sp³-hybridized carbons (Fsp3) is 0.857. The zero-order valence-electron chi connectivity index (χ0n) is 12.3. The second-order valence-corrected chi connectivity index (χ2v) is 5.53. The number of amides is 2. The maximum absolute atomic E-state index is 12.3. The van der Waals surface area contributed by atoms with E-state index in [2.05, 4.69) is 4.90 Å². The van der Waals surface area contributed by atoms with Crippen LogP contribution in [0.25, 0.3) is 0 Å². The molecular weight excluding hydrogens is 258 g/mol. The van der Waals surface area contributed by atoms with E-state index in [0.29, 0.717) is 19.6 Å². The Labute approximate surface area is 120 Å². The minimum absolute atomic E-state index is 0.235. The van der Waals surface area contributed by atoms with Gasteiger partial charge in [0.1, 0.15) is 0 Å². The lowest BCUT2D eigenvalue weighted by Gasteiger charge is -2.34. The lowest BCUT2D eigenvalue weighted by atomic mass is 10.2. The highest BCUT2D eigenvalue weighted by Crippen LogP contribution is 2.11. The Kier molecular flexibility index (Phi) is 5.64. The third-order valence-electron chi connectivity index (χ3n) is 4.12. The molecule has 2 amide bonds. The Balaban J connectivity index is 1.74. The number of nitrogens with zero attached hydrogens (tertiary/aromatic N) is 3. The van der Waals surface area contributed by atoms with Gasteiger partial charge in [0.2, 0.25) is 5.91 Å². The van der Waals surface area contributed by atoms with E-state index >= 15 is 0 Å². The third kappa shape index (κ3) is 4.10. The lowest BCUT2D eigenvalue weighted by Crippen LogP contribution is -2.51. The Hall–Kier alpha value is -1.30. The van der Waals surface area contributed by atoms with Gasteiger partial charge in [-0.15, -0.1) is 0 Å². The van der Waals surface area contributed by atoms with Gasteiger partial charge in [-0.2, -0.15) is 0 Å². The summed E-state index contributed by atoms with van der Waals surface area (Å²) in [6, 6.07) is 0. The van der Waals surface area contributed by atoms with Crippen molar-refractivity contribution in [2.24, 2.45) is 0 Å². The molecule has 2 saturated heterocycles. The predicted molar refractivity (Wildman–Crippen MR) is 75.5 cm³/mol. The van der Waals surface area contributed by atoms with Crippen molar-refractivity contribution in [3.05, 3.63) is 0 Å². The number of carbonyl (C=O) groups excluding carboxylic acids is 2. The van der Waals surface area contributed by atoms with Crippen molar-refractivity contribution in [1.82, 2.24) is 14.7 Å². The summed E-state index contributed by atoms with van der Waals surface area (Å²) < 4.78 is 4.71. The number of hydrogen-bond acceptors (Lipinski definition) is 4. The summed E-state index contributed by atoms with van der Waals surface area (Å²) in [5.74, 6) is 0.235. The normalized spacial score (nSPS) is 21.4. The molecular formula is C14H25N3O3. The molecule has 2 rings (SSSR count). The summed E-state index contributed by atoms with van der Waals surface area (Å²) in [5.41, 5.74) is 0. The number of carbonyl (C=O) groups is 2. The van der Waals surface area contributed by atoms with Crippen LogP contribution < -0.4 is 0 Å². The van der Waals surface area contributed by atoms with E-state index in [1.54, 1.807) is 4.90 Å². The molecule has 0 bridgehead atoms. The van der Waals surface area contributed by atoms with Crippen molar-refractivity contribution in [1.29, 1.82) is 0 Å². The van der Waals surface area contributed by atoms with E-state index in [0.717, 1.165) is 39.0 Å². The molecule has 114 valence electrons. The molecule has 20 heavy (non-hydrogen) atoms. The van der Waals surface area contributed by atoms with Gasteiger partial charge in [-0.1, -0.05) is 12.8 Å². The average Bonchev–Trinajstić information content (AvgIpc) is 2.76. The van der Waals surface area contributed by atoms with Crippen LogP contribution in [0.1, 0.15) is 25.7 Å². The molecule has 0 unspecified atom stereocenters. The summed E-state index contributed by atoms with van der Waals surface area (Å²) >= 11 is 0. The SMILES string of the molecule is COC(=O)N1CCN(CC(=O)N2CCCCCC2)CC1. The van der Waals surface area contributed by atoms with Gasteiger partial charge in [0.15, 0.2) is 0 Å². The maximum Gasteiger partial charge on any atom is 0.409 e. The van der Waals surface area contributed by atoms with Crippen LogP contribution in [0, 0.1) is 0 Å². The molecule has 2 heterocycles. The molecule has 0 saturated carbocycles. The van der Waals surface area contributed by atoms with Crippen molar-refractivity contribution >= 4 is 12.0 Å². The molecule has 0 aromatic carbocycles. The van der Waals surface area contributed by atoms with Crippen LogP contribution in [0.5, 0.6) is 0 Å². The molecule has 0 aromatic heterocycles. The fourth-order valence-corrected chi connectivity index (χ4v) is 2.83. The van der Waals surface area contributed by atoms with E-state index in [9.17, 15) is 9.59 Å². The highest BCUT2D eigenvalue weighted by Gasteiger charge is 2.24. The van der Waals surface area contributed by atoms with E-state index < -0.39 is 0 Å². The lowest BCUT2D eigenvalue weighted by molar-refractivity contribution is -0.132. The van der Waals surface area contributed by atoms with E-state index in [4.69, 9.17) is 4.74 Å². The van der Waals surface area contributed by atoms with Gasteiger partial charge in [0.25, 0.3) is 0 Å². The minimum atomic E-state index is -0.275. The second kappa shape index (κ2) is 7.47. The van der Waals surface area contributed by atoms with Crippen molar-refractivity contribution in [3.8, 4) is 0 Å². The molecule has 0 N–H and O–H groups in total. The first-order valence-corrected chi connectivity index (χ1v) is 7.53. The van der Waals surface area contributed by atoms with Crippen LogP contribution in [0.3, 0.4) is 0 Å². The summed E-state index contributed by atoms with van der Waals surface area (Å²) in [6.45, 7) is 5.06. The number of hydrogen-bond donors (Lipinski definition) is 0. The first-order valence-electron chi connectivity index (χ1n) is 7.53. The van der Waals surface area contributed by atoms with Gasteiger partial charge < -0.3 is 14.5 Å². The van der Waals surface area contributed by atoms with Crippen LogP contribution in [0.4, 0.5) is 4.79 Å². The molecule has 2 fully saturated rings. The van der Waals surface area contributed by atoms with Gasteiger partial charge in [-0.3, -0.25) is 9.69 Å². The molecule has 0 spiro atoms. The van der Waals surface area contributed by atoms with Crippen molar-refractivity contribution in [3.63, 3.8) is 0 Å². The van der Waals surface area contributed by atoms with Gasteiger partial charge >= 0.3 is 6.09 Å². The number of likely N-dealkylation sites (tertiary alicyclic amines) is 1. The molecule has 0 aromatic rings. The summed E-state index contributed by atoms with van der Waals surface area (Å²) in [7, 11) is 1.40. The number of rotatable bonds is 2. The van der Waals surface area contributed by atoms with Gasteiger partial charge in [-0.05, 0) is 12.8 Å². The molecule has 0 atom stereocenters. The van der Waals surface area contributed by atoms with Crippen LogP contribution >= 0.6 is 0 Å². The van der Waals surface area contributed by atoms with Crippen molar-refractivity contribution < 1.29 is 14.3 Å². The quantitative estimate of drug-likeness (QED) is 0.751. The Bertz CT molecular complexity index is 333. The van der Waals surface area contributed by atoms with E-state index in [1.807, 2.05) is 4.90 Å². The Morgan fingerprint density at radius 3 is 2.00 bits per heavy atom. The molecule has 2 aliphatic heterocycles. The smallest absolute Gasteiger partial charge is 0.409 e. The summed E-state index contributed by atoms with van der Waals surface area (Å²) in [5, 5.41) is 0. The summed E-state index contributed by atoms with van der Waals surface area (Å²) in [4.78, 5) is 29.5. The topological polar surface area (TPSA) is 53.1 Å². The monoisotopic (exact) mass is 283 g/mol. The standard InChI is InChI=1S/C14H25N3O3/c1-20-14(19)17-10-8-15(9-11-17)12-13(18)16-6-4-2-3-5-7-16/h2-12H2,1H3. The maximum atomic E-state index is 12.3. The molecule has 6 heteroatoms. The second-order valence-electron chi connectivity index (χ2n) is 5.53. The highest BCUT2D eigenvalue weighted by atomic mass is 16.5. The van der Waals surface area contributed by atoms with Crippen molar-refractivity contribution in [2.75, 3.05) is 52.9 Å². The Morgan fingerprint density at radius 2 is 1.45 bits per heavy atom. The van der Waals surface area contributed by atoms with Gasteiger partial charge in [0, 0.05) is 39.3 Å². The number of methoxy groups -OCH3 is 1. The average molecular weight is 283 g/mol. The number of piperazine rings is 1. The van der Waals surface area contributed by atoms with Crippen LogP contribution in [0.2, 0.25) is 0 Å². The first-order chi connectivity index (χ1) is 9.70.